The summed E-state index contributed by atoms with van der Waals surface area (Å²) >= 11 is 0. The van der Waals surface area contributed by atoms with Gasteiger partial charge in [-0.05, 0) is 61.7 Å². The summed E-state index contributed by atoms with van der Waals surface area (Å²) in [7, 11) is 0. The molecule has 1 aliphatic rings. The second-order valence-corrected chi connectivity index (χ2v) is 8.30. The van der Waals surface area contributed by atoms with Crippen LogP contribution in [0.4, 0.5) is 15.8 Å². The lowest BCUT2D eigenvalue weighted by Gasteiger charge is -2.22. The van der Waals surface area contributed by atoms with Crippen molar-refractivity contribution in [3.05, 3.63) is 89.6 Å². The number of aryl methyl sites for hydroxylation is 1. The molecule has 1 saturated heterocycles. The van der Waals surface area contributed by atoms with E-state index in [1.54, 1.807) is 30.3 Å². The molecule has 1 N–H and O–H groups in total. The number of imidazole rings is 1. The summed E-state index contributed by atoms with van der Waals surface area (Å²) in [6.45, 7) is 4.02. The number of nitrogens with one attached hydrogen (secondary N) is 1. The number of carbonyl (C=O) groups excluding carboxylic acids is 1. The number of hydrogen-bond acceptors (Lipinski definition) is 4. The molecule has 2 aromatic carbocycles. The van der Waals surface area contributed by atoms with Crippen LogP contribution in [-0.2, 0) is 6.61 Å². The number of para-hydroxylation sites is 1. The van der Waals surface area contributed by atoms with Gasteiger partial charge in [-0.25, -0.2) is 9.37 Å². The van der Waals surface area contributed by atoms with Gasteiger partial charge in [0.2, 0.25) is 0 Å². The number of fused-ring (bicyclic) bond motifs is 1. The van der Waals surface area contributed by atoms with Crippen molar-refractivity contribution in [3.63, 3.8) is 0 Å². The predicted molar refractivity (Wildman–Crippen MR) is 127 cm³/mol. The molecule has 6 nitrogen and oxygen atoms in total. The maximum atomic E-state index is 14.6. The lowest BCUT2D eigenvalue weighted by molar-refractivity contribution is 0.102. The fourth-order valence-electron chi connectivity index (χ4n) is 4.15. The van der Waals surface area contributed by atoms with Crippen LogP contribution in [0.2, 0.25) is 0 Å². The molecule has 1 aliphatic heterocycles. The van der Waals surface area contributed by atoms with Crippen LogP contribution < -0.4 is 15.0 Å². The predicted octanol–water partition coefficient (Wildman–Crippen LogP) is 5.21. The van der Waals surface area contributed by atoms with Crippen molar-refractivity contribution in [1.29, 1.82) is 0 Å². The molecular weight excluding hydrogens is 419 g/mol. The van der Waals surface area contributed by atoms with Gasteiger partial charge < -0.3 is 19.4 Å². The molecule has 0 saturated carbocycles. The van der Waals surface area contributed by atoms with Crippen LogP contribution in [0.1, 0.15) is 34.5 Å². The number of anilines is 2. The highest BCUT2D eigenvalue weighted by Gasteiger charge is 2.20. The van der Waals surface area contributed by atoms with Gasteiger partial charge in [-0.3, -0.25) is 4.79 Å². The van der Waals surface area contributed by atoms with E-state index in [0.717, 1.165) is 48.5 Å². The van der Waals surface area contributed by atoms with Crippen molar-refractivity contribution in [2.24, 2.45) is 0 Å². The topological polar surface area (TPSA) is 58.9 Å². The van der Waals surface area contributed by atoms with Crippen LogP contribution in [0, 0.1) is 12.7 Å². The lowest BCUT2D eigenvalue weighted by atomic mass is 10.1. The van der Waals surface area contributed by atoms with Crippen LogP contribution >= 0.6 is 0 Å². The SMILES string of the molecule is Cc1ccc2nc(COc3cccc(C(=O)Nc4c(F)cccc4N4CCCC4)c3)cn2c1. The fraction of sp³-hybridized carbons (Fsp3) is 0.231. The van der Waals surface area contributed by atoms with Crippen LogP contribution in [-0.4, -0.2) is 28.4 Å². The summed E-state index contributed by atoms with van der Waals surface area (Å²) in [4.78, 5) is 19.6. The average Bonchev–Trinajstić information content (AvgIpc) is 3.49. The normalized spacial score (nSPS) is 13.5. The van der Waals surface area contributed by atoms with E-state index in [0.29, 0.717) is 11.3 Å². The van der Waals surface area contributed by atoms with Crippen molar-refractivity contribution >= 4 is 22.9 Å². The summed E-state index contributed by atoms with van der Waals surface area (Å²) < 4.78 is 22.5. The van der Waals surface area contributed by atoms with Crippen molar-refractivity contribution in [3.8, 4) is 5.75 Å². The van der Waals surface area contributed by atoms with E-state index < -0.39 is 5.82 Å². The minimum atomic E-state index is -0.442. The van der Waals surface area contributed by atoms with Gasteiger partial charge in [0.05, 0.1) is 11.4 Å². The van der Waals surface area contributed by atoms with Crippen molar-refractivity contribution in [2.45, 2.75) is 26.4 Å². The summed E-state index contributed by atoms with van der Waals surface area (Å²) in [6.07, 6.45) is 6.07. The highest BCUT2D eigenvalue weighted by atomic mass is 19.1. The van der Waals surface area contributed by atoms with Gasteiger partial charge in [-0.1, -0.05) is 18.2 Å². The van der Waals surface area contributed by atoms with Gasteiger partial charge in [0, 0.05) is 31.0 Å². The Labute approximate surface area is 191 Å². The van der Waals surface area contributed by atoms with E-state index in [1.807, 2.05) is 41.9 Å². The smallest absolute Gasteiger partial charge is 0.255 e. The van der Waals surface area contributed by atoms with Gasteiger partial charge in [-0.2, -0.15) is 0 Å². The van der Waals surface area contributed by atoms with Crippen LogP contribution in [0.3, 0.4) is 0 Å². The Balaban J connectivity index is 1.30. The number of pyridine rings is 1. The lowest BCUT2D eigenvalue weighted by Crippen LogP contribution is -2.22. The molecular formula is C26H25FN4O2. The molecule has 33 heavy (non-hydrogen) atoms. The standard InChI is InChI=1S/C26H25FN4O2/c1-18-10-11-24-28-20(16-31(24)15-18)17-33-21-7-4-6-19(14-21)26(32)29-25-22(27)8-5-9-23(25)30-12-2-3-13-30/h4-11,14-16H,2-3,12-13,17H2,1H3,(H,29,32). The summed E-state index contributed by atoms with van der Waals surface area (Å²) in [6, 6.07) is 15.7. The minimum Gasteiger partial charge on any atom is -0.487 e. The Kier molecular flexibility index (Phi) is 5.69. The maximum absolute atomic E-state index is 14.6. The highest BCUT2D eigenvalue weighted by Crippen LogP contribution is 2.31. The second-order valence-electron chi connectivity index (χ2n) is 8.30. The molecule has 168 valence electrons. The second kappa shape index (κ2) is 8.94. The molecule has 3 heterocycles. The van der Waals surface area contributed by atoms with Gasteiger partial charge in [0.1, 0.15) is 29.5 Å². The van der Waals surface area contributed by atoms with Crippen LogP contribution in [0.5, 0.6) is 5.75 Å². The first-order chi connectivity index (χ1) is 16.1. The Bertz CT molecular complexity index is 1310. The number of hydrogen-bond donors (Lipinski definition) is 1. The molecule has 0 unspecified atom stereocenters. The van der Waals surface area contributed by atoms with E-state index in [9.17, 15) is 9.18 Å². The molecule has 0 aliphatic carbocycles. The molecule has 2 aromatic heterocycles. The third-order valence-electron chi connectivity index (χ3n) is 5.81. The first kappa shape index (κ1) is 21.0. The van der Waals surface area contributed by atoms with E-state index in [2.05, 4.69) is 15.2 Å². The number of aromatic nitrogens is 2. The van der Waals surface area contributed by atoms with E-state index >= 15 is 0 Å². The number of nitrogens with zero attached hydrogens (tertiary/aromatic N) is 3. The number of amides is 1. The summed E-state index contributed by atoms with van der Waals surface area (Å²) in [5, 5.41) is 2.77. The number of halogens is 1. The first-order valence-corrected chi connectivity index (χ1v) is 11.1. The van der Waals surface area contributed by atoms with Crippen molar-refractivity contribution in [1.82, 2.24) is 9.38 Å². The molecule has 1 fully saturated rings. The molecule has 0 radical (unpaired) electrons. The number of rotatable bonds is 6. The first-order valence-electron chi connectivity index (χ1n) is 11.1. The van der Waals surface area contributed by atoms with Crippen molar-refractivity contribution < 1.29 is 13.9 Å². The molecule has 4 aromatic rings. The Morgan fingerprint density at radius 1 is 1.09 bits per heavy atom. The molecule has 0 bridgehead atoms. The Hall–Kier alpha value is -3.87. The third kappa shape index (κ3) is 4.53. The molecule has 1 amide bonds. The van der Waals surface area contributed by atoms with E-state index in [4.69, 9.17) is 4.74 Å². The highest BCUT2D eigenvalue weighted by molar-refractivity contribution is 6.06. The van der Waals surface area contributed by atoms with Crippen LogP contribution in [0.15, 0.2) is 67.0 Å². The zero-order chi connectivity index (χ0) is 22.8. The Morgan fingerprint density at radius 3 is 2.76 bits per heavy atom. The third-order valence-corrected chi connectivity index (χ3v) is 5.81. The molecule has 5 rings (SSSR count). The number of benzene rings is 2. The minimum absolute atomic E-state index is 0.218. The van der Waals surface area contributed by atoms with Gasteiger partial charge in [0.15, 0.2) is 0 Å². The summed E-state index contributed by atoms with van der Waals surface area (Å²) in [5.41, 5.74) is 4.12. The van der Waals surface area contributed by atoms with Crippen molar-refractivity contribution in [2.75, 3.05) is 23.3 Å². The summed E-state index contributed by atoms with van der Waals surface area (Å²) in [5.74, 6) is -0.277. The Morgan fingerprint density at radius 2 is 1.91 bits per heavy atom. The number of carbonyl (C=O) groups is 1. The zero-order valence-electron chi connectivity index (χ0n) is 18.4. The van der Waals surface area contributed by atoms with Crippen LogP contribution in [0.25, 0.3) is 5.65 Å². The van der Waals surface area contributed by atoms with Gasteiger partial charge in [0.25, 0.3) is 5.91 Å². The van der Waals surface area contributed by atoms with E-state index in [-0.39, 0.29) is 18.2 Å². The maximum Gasteiger partial charge on any atom is 0.255 e. The number of ether oxygens (including phenoxy) is 1. The van der Waals surface area contributed by atoms with E-state index in [1.165, 1.54) is 6.07 Å². The quantitative estimate of drug-likeness (QED) is 0.443. The monoisotopic (exact) mass is 444 g/mol. The largest absolute Gasteiger partial charge is 0.487 e. The molecule has 7 heteroatoms. The fourth-order valence-corrected chi connectivity index (χ4v) is 4.15. The molecule has 0 spiro atoms. The zero-order valence-corrected chi connectivity index (χ0v) is 18.4. The van der Waals surface area contributed by atoms with Gasteiger partial charge >= 0.3 is 0 Å². The van der Waals surface area contributed by atoms with Gasteiger partial charge in [-0.15, -0.1) is 0 Å². The average molecular weight is 445 g/mol. The molecule has 0 atom stereocenters.